The smallest absolute Gasteiger partial charge is 0.339 e. The first kappa shape index (κ1) is 20.3. The largest absolute Gasteiger partial charge is 0.444 e. The highest BCUT2D eigenvalue weighted by Crippen LogP contribution is 2.23. The number of hydrogen-bond acceptors (Lipinski definition) is 4. The van der Waals surface area contributed by atoms with Crippen molar-refractivity contribution < 1.29 is 19.1 Å². The van der Waals surface area contributed by atoms with Gasteiger partial charge in [-0.05, 0) is 37.3 Å². The number of amides is 1. The van der Waals surface area contributed by atoms with Gasteiger partial charge in [0.2, 0.25) is 6.10 Å². The number of hydrogen-bond donors (Lipinski definition) is 1. The third-order valence-electron chi connectivity index (χ3n) is 4.16. The van der Waals surface area contributed by atoms with E-state index in [4.69, 9.17) is 16.3 Å². The standard InChI is InChI=1S/C23H18ClNO4/c1-15(26)17-9-6-12-20(14-17)25-22(27)21(16-7-3-2-4-8-16)29-23(28)18-10-5-11-19(24)13-18/h2-14,21H,1H3,(H,25,27)/t21-/m0/s1. The minimum atomic E-state index is -1.18. The predicted octanol–water partition coefficient (Wildman–Crippen LogP) is 5.08. The number of esters is 1. The van der Waals surface area contributed by atoms with Gasteiger partial charge in [-0.2, -0.15) is 0 Å². The van der Waals surface area contributed by atoms with Crippen molar-refractivity contribution in [2.45, 2.75) is 13.0 Å². The Morgan fingerprint density at radius 1 is 0.862 bits per heavy atom. The lowest BCUT2D eigenvalue weighted by Crippen LogP contribution is -2.26. The summed E-state index contributed by atoms with van der Waals surface area (Å²) in [6, 6.07) is 21.5. The van der Waals surface area contributed by atoms with E-state index < -0.39 is 18.0 Å². The fourth-order valence-corrected chi connectivity index (χ4v) is 2.91. The Morgan fingerprint density at radius 3 is 2.24 bits per heavy atom. The summed E-state index contributed by atoms with van der Waals surface area (Å²) < 4.78 is 5.51. The number of rotatable bonds is 6. The van der Waals surface area contributed by atoms with Gasteiger partial charge in [-0.1, -0.05) is 60.1 Å². The van der Waals surface area contributed by atoms with E-state index in [1.807, 2.05) is 0 Å². The van der Waals surface area contributed by atoms with Crippen molar-refractivity contribution in [1.82, 2.24) is 0 Å². The molecule has 3 aromatic rings. The molecule has 0 aliphatic heterocycles. The van der Waals surface area contributed by atoms with Gasteiger partial charge < -0.3 is 10.1 Å². The molecular weight excluding hydrogens is 390 g/mol. The molecule has 1 atom stereocenters. The molecule has 1 amide bonds. The molecule has 0 radical (unpaired) electrons. The summed E-state index contributed by atoms with van der Waals surface area (Å²) in [6.45, 7) is 1.44. The van der Waals surface area contributed by atoms with Crippen molar-refractivity contribution in [3.05, 3.63) is 101 Å². The Kier molecular flexibility index (Phi) is 6.42. The van der Waals surface area contributed by atoms with Gasteiger partial charge in [0.1, 0.15) is 0 Å². The maximum atomic E-state index is 12.9. The SMILES string of the molecule is CC(=O)c1cccc(NC(=O)[C@@H](OC(=O)c2cccc(Cl)c2)c2ccccc2)c1. The summed E-state index contributed by atoms with van der Waals surface area (Å²) in [5.41, 5.74) is 1.66. The average molecular weight is 408 g/mol. The number of anilines is 1. The second-order valence-electron chi connectivity index (χ2n) is 6.33. The van der Waals surface area contributed by atoms with Crippen LogP contribution in [0.5, 0.6) is 0 Å². The number of carbonyl (C=O) groups excluding carboxylic acids is 3. The molecule has 0 aromatic heterocycles. The van der Waals surface area contributed by atoms with Gasteiger partial charge in [-0.25, -0.2) is 4.79 Å². The van der Waals surface area contributed by atoms with Gasteiger partial charge in [0.25, 0.3) is 5.91 Å². The van der Waals surface area contributed by atoms with Crippen LogP contribution in [0.4, 0.5) is 5.69 Å². The van der Waals surface area contributed by atoms with E-state index in [0.29, 0.717) is 21.8 Å². The minimum Gasteiger partial charge on any atom is -0.444 e. The maximum absolute atomic E-state index is 12.9. The molecular formula is C23H18ClNO4. The quantitative estimate of drug-likeness (QED) is 0.457. The summed E-state index contributed by atoms with van der Waals surface area (Å²) in [5.74, 6) is -1.32. The average Bonchev–Trinajstić information content (AvgIpc) is 2.72. The zero-order chi connectivity index (χ0) is 20.8. The maximum Gasteiger partial charge on any atom is 0.339 e. The molecule has 0 fully saturated rings. The van der Waals surface area contributed by atoms with Gasteiger partial charge in [0.15, 0.2) is 5.78 Å². The zero-order valence-electron chi connectivity index (χ0n) is 15.6. The van der Waals surface area contributed by atoms with Gasteiger partial charge in [0, 0.05) is 21.8 Å². The molecule has 0 aliphatic carbocycles. The minimum absolute atomic E-state index is 0.118. The molecule has 29 heavy (non-hydrogen) atoms. The number of ether oxygens (including phenoxy) is 1. The second kappa shape index (κ2) is 9.17. The van der Waals surface area contributed by atoms with Crippen LogP contribution in [-0.2, 0) is 9.53 Å². The van der Waals surface area contributed by atoms with Gasteiger partial charge in [0.05, 0.1) is 5.56 Å². The van der Waals surface area contributed by atoms with Crippen molar-refractivity contribution in [2.75, 3.05) is 5.32 Å². The van der Waals surface area contributed by atoms with Crippen molar-refractivity contribution in [2.24, 2.45) is 0 Å². The molecule has 5 nitrogen and oxygen atoms in total. The Morgan fingerprint density at radius 2 is 1.55 bits per heavy atom. The highest BCUT2D eigenvalue weighted by Gasteiger charge is 2.26. The number of carbonyl (C=O) groups is 3. The van der Waals surface area contributed by atoms with E-state index in [1.165, 1.54) is 13.0 Å². The second-order valence-corrected chi connectivity index (χ2v) is 6.77. The highest BCUT2D eigenvalue weighted by molar-refractivity contribution is 6.30. The fourth-order valence-electron chi connectivity index (χ4n) is 2.72. The Hall–Kier alpha value is -3.44. The molecule has 0 aliphatic rings. The third-order valence-corrected chi connectivity index (χ3v) is 4.40. The first-order valence-corrected chi connectivity index (χ1v) is 9.25. The van der Waals surface area contributed by atoms with E-state index in [9.17, 15) is 14.4 Å². The summed E-state index contributed by atoms with van der Waals surface area (Å²) >= 11 is 5.94. The molecule has 0 unspecified atom stereocenters. The number of benzene rings is 3. The fraction of sp³-hybridized carbons (Fsp3) is 0.0870. The van der Waals surface area contributed by atoms with E-state index in [0.717, 1.165) is 0 Å². The monoisotopic (exact) mass is 407 g/mol. The van der Waals surface area contributed by atoms with Crippen molar-refractivity contribution in [3.63, 3.8) is 0 Å². The lowest BCUT2D eigenvalue weighted by atomic mass is 10.1. The zero-order valence-corrected chi connectivity index (χ0v) is 16.3. The lowest BCUT2D eigenvalue weighted by molar-refractivity contribution is -0.125. The molecule has 1 N–H and O–H groups in total. The number of nitrogens with one attached hydrogen (secondary N) is 1. The van der Waals surface area contributed by atoms with Crippen LogP contribution in [0.25, 0.3) is 0 Å². The van der Waals surface area contributed by atoms with Crippen LogP contribution in [0.15, 0.2) is 78.9 Å². The lowest BCUT2D eigenvalue weighted by Gasteiger charge is -2.18. The van der Waals surface area contributed by atoms with Crippen LogP contribution in [0.1, 0.15) is 39.3 Å². The molecule has 3 rings (SSSR count). The normalized spacial score (nSPS) is 11.4. The van der Waals surface area contributed by atoms with Crippen LogP contribution in [0, 0.1) is 0 Å². The number of halogens is 1. The molecule has 0 saturated carbocycles. The van der Waals surface area contributed by atoms with E-state index in [-0.39, 0.29) is 11.3 Å². The molecule has 146 valence electrons. The molecule has 0 saturated heterocycles. The number of ketones is 1. The Balaban J connectivity index is 1.85. The first-order valence-electron chi connectivity index (χ1n) is 8.87. The van der Waals surface area contributed by atoms with Crippen LogP contribution in [0.2, 0.25) is 5.02 Å². The molecule has 0 bridgehead atoms. The summed E-state index contributed by atoms with van der Waals surface area (Å²) in [4.78, 5) is 37.1. The summed E-state index contributed by atoms with van der Waals surface area (Å²) in [7, 11) is 0. The molecule has 0 heterocycles. The topological polar surface area (TPSA) is 72.5 Å². The van der Waals surface area contributed by atoms with Crippen LogP contribution in [0.3, 0.4) is 0 Å². The van der Waals surface area contributed by atoms with Crippen LogP contribution in [-0.4, -0.2) is 17.7 Å². The van der Waals surface area contributed by atoms with Gasteiger partial charge in [-0.15, -0.1) is 0 Å². The van der Waals surface area contributed by atoms with Crippen molar-refractivity contribution >= 4 is 34.9 Å². The van der Waals surface area contributed by atoms with E-state index in [2.05, 4.69) is 5.32 Å². The molecule has 0 spiro atoms. The predicted molar refractivity (Wildman–Crippen MR) is 111 cm³/mol. The van der Waals surface area contributed by atoms with E-state index >= 15 is 0 Å². The Bertz CT molecular complexity index is 1050. The highest BCUT2D eigenvalue weighted by atomic mass is 35.5. The molecule has 3 aromatic carbocycles. The van der Waals surface area contributed by atoms with Crippen molar-refractivity contribution in [3.8, 4) is 0 Å². The summed E-state index contributed by atoms with van der Waals surface area (Å²) in [6.07, 6.45) is -1.18. The van der Waals surface area contributed by atoms with E-state index in [1.54, 1.807) is 72.8 Å². The molecule has 6 heteroatoms. The van der Waals surface area contributed by atoms with Gasteiger partial charge in [-0.3, -0.25) is 9.59 Å². The van der Waals surface area contributed by atoms with Crippen LogP contribution < -0.4 is 5.32 Å². The van der Waals surface area contributed by atoms with Crippen LogP contribution >= 0.6 is 11.6 Å². The summed E-state index contributed by atoms with van der Waals surface area (Å²) in [5, 5.41) is 3.10. The Labute approximate surface area is 173 Å². The first-order chi connectivity index (χ1) is 13.9. The van der Waals surface area contributed by atoms with Crippen molar-refractivity contribution in [1.29, 1.82) is 0 Å². The van der Waals surface area contributed by atoms with Gasteiger partial charge >= 0.3 is 5.97 Å². The third kappa shape index (κ3) is 5.30. The number of Topliss-reactive ketones (excluding diaryl/α,β-unsaturated/α-hetero) is 1.